The summed E-state index contributed by atoms with van der Waals surface area (Å²) in [5.41, 5.74) is 0.771. The fraction of sp³-hybridized carbons (Fsp3) is 0.652. The Morgan fingerprint density at radius 3 is 2.37 bits per heavy atom. The maximum Gasteiger partial charge on any atom is 0.317 e. The molecule has 1 N–H and O–H groups in total. The number of hydrogen-bond donors (Lipinski definition) is 1. The Morgan fingerprint density at radius 1 is 0.967 bits per heavy atom. The number of benzene rings is 1. The fourth-order valence-electron chi connectivity index (χ4n) is 4.85. The number of Topliss-reactive ketones (excluding diaryl/α,β-unsaturated/α-hetero) is 1. The molecule has 2 atom stereocenters. The molecule has 0 spiro atoms. The average Bonchev–Trinajstić information content (AvgIpc) is 3.35. The van der Waals surface area contributed by atoms with Gasteiger partial charge in [-0.15, -0.1) is 0 Å². The fourth-order valence-corrected chi connectivity index (χ4v) is 4.85. The second-order valence-electron chi connectivity index (χ2n) is 8.52. The van der Waals surface area contributed by atoms with Gasteiger partial charge in [0, 0.05) is 62.8 Å². The van der Waals surface area contributed by atoms with E-state index in [2.05, 4.69) is 10.2 Å². The third-order valence-corrected chi connectivity index (χ3v) is 6.70. The molecule has 3 fully saturated rings. The van der Waals surface area contributed by atoms with Crippen molar-refractivity contribution in [3.8, 4) is 0 Å². The number of rotatable bonds is 6. The highest BCUT2D eigenvalue weighted by molar-refractivity contribution is 5.97. The molecule has 1 aromatic carbocycles. The van der Waals surface area contributed by atoms with Gasteiger partial charge in [-0.3, -0.25) is 9.69 Å². The Labute approximate surface area is 178 Å². The highest BCUT2D eigenvalue weighted by Crippen LogP contribution is 2.23. The maximum atomic E-state index is 12.8. The van der Waals surface area contributed by atoms with Crippen LogP contribution in [0.4, 0.5) is 4.79 Å². The Bertz CT molecular complexity index is 694. The van der Waals surface area contributed by atoms with Crippen molar-refractivity contribution in [1.82, 2.24) is 15.1 Å². The van der Waals surface area contributed by atoms with Crippen LogP contribution in [0.15, 0.2) is 30.3 Å². The Kier molecular flexibility index (Phi) is 7.36. The van der Waals surface area contributed by atoms with Crippen molar-refractivity contribution in [2.75, 3.05) is 59.2 Å². The summed E-state index contributed by atoms with van der Waals surface area (Å²) in [6.07, 6.45) is 2.50. The van der Waals surface area contributed by atoms with E-state index in [1.165, 1.54) is 0 Å². The molecule has 7 nitrogen and oxygen atoms in total. The first kappa shape index (κ1) is 21.3. The number of ether oxygens (including phenoxy) is 2. The predicted octanol–water partition coefficient (Wildman–Crippen LogP) is 2.03. The first-order valence-corrected chi connectivity index (χ1v) is 11.2. The van der Waals surface area contributed by atoms with Gasteiger partial charge >= 0.3 is 6.03 Å². The lowest BCUT2D eigenvalue weighted by Crippen LogP contribution is -2.54. The van der Waals surface area contributed by atoms with Crippen LogP contribution < -0.4 is 5.32 Å². The summed E-state index contributed by atoms with van der Waals surface area (Å²) < 4.78 is 11.1. The minimum absolute atomic E-state index is 0.00758. The number of hydrogen-bond acceptors (Lipinski definition) is 5. The van der Waals surface area contributed by atoms with Gasteiger partial charge in [-0.25, -0.2) is 4.79 Å². The van der Waals surface area contributed by atoms with Crippen LogP contribution in [-0.4, -0.2) is 86.8 Å². The van der Waals surface area contributed by atoms with Crippen molar-refractivity contribution < 1.29 is 19.1 Å². The topological polar surface area (TPSA) is 71.1 Å². The molecule has 0 unspecified atom stereocenters. The second-order valence-corrected chi connectivity index (χ2v) is 8.52. The Hall–Kier alpha value is -1.96. The molecule has 164 valence electrons. The van der Waals surface area contributed by atoms with Crippen molar-refractivity contribution in [3.05, 3.63) is 35.9 Å². The lowest BCUT2D eigenvalue weighted by atomic mass is 9.89. The molecule has 0 saturated carbocycles. The molecular weight excluding hydrogens is 382 g/mol. The van der Waals surface area contributed by atoms with E-state index in [0.29, 0.717) is 25.6 Å². The number of nitrogens with zero attached hydrogens (tertiary/aromatic N) is 2. The van der Waals surface area contributed by atoms with Crippen LogP contribution in [-0.2, 0) is 9.47 Å². The van der Waals surface area contributed by atoms with E-state index in [9.17, 15) is 9.59 Å². The largest absolute Gasteiger partial charge is 0.381 e. The van der Waals surface area contributed by atoms with E-state index in [0.717, 1.165) is 64.3 Å². The van der Waals surface area contributed by atoms with E-state index in [1.807, 2.05) is 35.2 Å². The van der Waals surface area contributed by atoms with Crippen molar-refractivity contribution in [1.29, 1.82) is 0 Å². The lowest BCUT2D eigenvalue weighted by molar-refractivity contribution is 0.00179. The van der Waals surface area contributed by atoms with Crippen LogP contribution in [0.1, 0.15) is 29.6 Å². The Morgan fingerprint density at radius 2 is 1.70 bits per heavy atom. The van der Waals surface area contributed by atoms with Crippen LogP contribution in [0.25, 0.3) is 0 Å². The van der Waals surface area contributed by atoms with E-state index in [-0.39, 0.29) is 23.8 Å². The summed E-state index contributed by atoms with van der Waals surface area (Å²) in [4.78, 5) is 29.8. The molecule has 0 aromatic heterocycles. The van der Waals surface area contributed by atoms with E-state index >= 15 is 0 Å². The van der Waals surface area contributed by atoms with Crippen molar-refractivity contribution >= 4 is 11.8 Å². The summed E-state index contributed by atoms with van der Waals surface area (Å²) in [5.74, 6) is 0.662. The molecule has 30 heavy (non-hydrogen) atoms. The number of urea groups is 1. The standard InChI is InChI=1S/C23H33N3O4/c27-22(18-4-2-1-3-5-18)19-6-9-26(10-7-19)23(28)24-16-21(20-8-13-30-17-20)25-11-14-29-15-12-25/h1-5,19-21H,6-17H2,(H,24,28)/t20-,21+/m1/s1. The first-order valence-electron chi connectivity index (χ1n) is 11.2. The number of morpholine rings is 1. The first-order chi connectivity index (χ1) is 14.7. The van der Waals surface area contributed by atoms with E-state index in [1.54, 1.807) is 0 Å². The van der Waals surface area contributed by atoms with Crippen LogP contribution in [0.5, 0.6) is 0 Å². The number of likely N-dealkylation sites (tertiary alicyclic amines) is 1. The molecule has 1 aromatic rings. The number of nitrogens with one attached hydrogen (secondary N) is 1. The smallest absolute Gasteiger partial charge is 0.317 e. The molecule has 3 saturated heterocycles. The molecule has 0 bridgehead atoms. The molecule has 2 amide bonds. The van der Waals surface area contributed by atoms with Gasteiger partial charge in [0.25, 0.3) is 0 Å². The minimum Gasteiger partial charge on any atom is -0.381 e. The van der Waals surface area contributed by atoms with Gasteiger partial charge < -0.3 is 19.7 Å². The van der Waals surface area contributed by atoms with Crippen LogP contribution in [0, 0.1) is 11.8 Å². The number of carbonyl (C=O) groups excluding carboxylic acids is 2. The van der Waals surface area contributed by atoms with Gasteiger partial charge in [-0.2, -0.15) is 0 Å². The van der Waals surface area contributed by atoms with Crippen LogP contribution in [0.2, 0.25) is 0 Å². The van der Waals surface area contributed by atoms with Crippen molar-refractivity contribution in [3.63, 3.8) is 0 Å². The highest BCUT2D eigenvalue weighted by atomic mass is 16.5. The number of carbonyl (C=O) groups is 2. The zero-order valence-corrected chi connectivity index (χ0v) is 17.6. The molecule has 0 radical (unpaired) electrons. The van der Waals surface area contributed by atoms with E-state index in [4.69, 9.17) is 9.47 Å². The normalized spacial score (nSPS) is 24.5. The van der Waals surface area contributed by atoms with Gasteiger partial charge in [0.2, 0.25) is 0 Å². The molecule has 0 aliphatic carbocycles. The monoisotopic (exact) mass is 415 g/mol. The third-order valence-electron chi connectivity index (χ3n) is 6.70. The second kappa shape index (κ2) is 10.4. The average molecular weight is 416 g/mol. The summed E-state index contributed by atoms with van der Waals surface area (Å²) in [6, 6.07) is 9.74. The SMILES string of the molecule is O=C(c1ccccc1)C1CCN(C(=O)NC[C@@H]([C@@H]2CCOC2)N2CCOCC2)CC1. The molecule has 3 aliphatic heterocycles. The summed E-state index contributed by atoms with van der Waals surface area (Å²) in [6.45, 7) is 6.78. The van der Waals surface area contributed by atoms with Gasteiger partial charge in [-0.05, 0) is 19.3 Å². The number of ketones is 1. The van der Waals surface area contributed by atoms with Gasteiger partial charge in [-0.1, -0.05) is 30.3 Å². The summed E-state index contributed by atoms with van der Waals surface area (Å²) in [7, 11) is 0. The van der Waals surface area contributed by atoms with Crippen molar-refractivity contribution in [2.45, 2.75) is 25.3 Å². The number of piperidine rings is 1. The third kappa shape index (κ3) is 5.20. The molecular formula is C23H33N3O4. The van der Waals surface area contributed by atoms with Gasteiger partial charge in [0.15, 0.2) is 5.78 Å². The van der Waals surface area contributed by atoms with E-state index < -0.39 is 0 Å². The zero-order valence-electron chi connectivity index (χ0n) is 17.6. The van der Waals surface area contributed by atoms with Crippen molar-refractivity contribution in [2.24, 2.45) is 11.8 Å². The number of amides is 2. The molecule has 3 heterocycles. The van der Waals surface area contributed by atoms with Crippen LogP contribution >= 0.6 is 0 Å². The van der Waals surface area contributed by atoms with Gasteiger partial charge in [0.1, 0.15) is 0 Å². The highest BCUT2D eigenvalue weighted by Gasteiger charge is 2.33. The molecule has 3 aliphatic rings. The molecule has 4 rings (SSSR count). The van der Waals surface area contributed by atoms with Gasteiger partial charge in [0.05, 0.1) is 19.8 Å². The summed E-state index contributed by atoms with van der Waals surface area (Å²) >= 11 is 0. The Balaban J connectivity index is 1.27. The lowest BCUT2D eigenvalue weighted by Gasteiger charge is -2.38. The van der Waals surface area contributed by atoms with Crippen LogP contribution in [0.3, 0.4) is 0 Å². The summed E-state index contributed by atoms with van der Waals surface area (Å²) in [5, 5.41) is 3.17. The molecule has 7 heteroatoms. The predicted molar refractivity (Wildman–Crippen MR) is 114 cm³/mol. The zero-order chi connectivity index (χ0) is 20.8. The quantitative estimate of drug-likeness (QED) is 0.720. The maximum absolute atomic E-state index is 12.8. The minimum atomic E-state index is -0.0159.